The van der Waals surface area contributed by atoms with Crippen molar-refractivity contribution in [1.82, 2.24) is 4.90 Å². The number of nitrogens with zero attached hydrogens (tertiary/aromatic N) is 1. The number of amides is 1. The minimum Gasteiger partial charge on any atom is -0.478 e. The maximum atomic E-state index is 13.6. The van der Waals surface area contributed by atoms with Gasteiger partial charge < -0.3 is 19.0 Å². The van der Waals surface area contributed by atoms with E-state index in [1.165, 1.54) is 4.90 Å². The van der Waals surface area contributed by atoms with Crippen LogP contribution in [0.3, 0.4) is 0 Å². The maximum Gasteiger partial charge on any atom is 0.410 e. The lowest BCUT2D eigenvalue weighted by Crippen LogP contribution is -2.49. The van der Waals surface area contributed by atoms with Crippen LogP contribution in [0, 0.1) is 11.8 Å². The number of carboxylic acids is 1. The quantitative estimate of drug-likeness (QED) is 0.122. The first-order valence-electron chi connectivity index (χ1n) is 16.8. The molecule has 3 rings (SSSR count). The van der Waals surface area contributed by atoms with Gasteiger partial charge in [-0.2, -0.15) is 0 Å². The topological polar surface area (TPSA) is 102 Å². The molecule has 1 aliphatic carbocycles. The van der Waals surface area contributed by atoms with Crippen LogP contribution in [0.5, 0.6) is 0 Å². The highest BCUT2D eigenvalue weighted by Crippen LogP contribution is 2.44. The van der Waals surface area contributed by atoms with Crippen LogP contribution in [0.4, 0.5) is 4.79 Å². The number of esters is 1. The van der Waals surface area contributed by atoms with Crippen molar-refractivity contribution in [3.05, 3.63) is 71.3 Å². The second-order valence-electron chi connectivity index (χ2n) is 14.6. The van der Waals surface area contributed by atoms with E-state index >= 15 is 0 Å². The average molecular weight is 666 g/mol. The van der Waals surface area contributed by atoms with Crippen LogP contribution in [0.2, 0.25) is 18.1 Å². The summed E-state index contributed by atoms with van der Waals surface area (Å²) in [5.41, 5.74) is 4.76. The molecule has 0 bridgehead atoms. The zero-order chi connectivity index (χ0) is 35.3. The van der Waals surface area contributed by atoms with Gasteiger partial charge >= 0.3 is 18.0 Å². The molecule has 8 nitrogen and oxygen atoms in total. The summed E-state index contributed by atoms with van der Waals surface area (Å²) in [7, 11) is -0.716. The SMILES string of the molecule is CC[C@H](C)[C@@H](OC(=O)[C@@H](C)N(C)C(=O)OCC1c2ccccc2-c2ccccc21)[C@@H](C)[C@H](C/C=C(\C)C(=O)O)O[Si](C)(C)C(C)(C)C. The number of benzene rings is 2. The molecule has 0 aliphatic heterocycles. The van der Waals surface area contributed by atoms with E-state index in [1.54, 1.807) is 27.0 Å². The summed E-state index contributed by atoms with van der Waals surface area (Å²) in [5.74, 6) is -1.83. The van der Waals surface area contributed by atoms with E-state index in [0.717, 1.165) is 28.7 Å². The number of likely N-dealkylation sites (N-methyl/N-ethyl adjacent to an activating group) is 1. The molecular formula is C38H55NO7Si. The molecule has 1 N–H and O–H groups in total. The van der Waals surface area contributed by atoms with Crippen molar-refractivity contribution in [2.45, 2.75) is 111 Å². The van der Waals surface area contributed by atoms with Crippen LogP contribution in [0.25, 0.3) is 11.1 Å². The monoisotopic (exact) mass is 665 g/mol. The Kier molecular flexibility index (Phi) is 12.7. The summed E-state index contributed by atoms with van der Waals surface area (Å²) in [6.45, 7) is 20.3. The minimum absolute atomic E-state index is 0.00373. The van der Waals surface area contributed by atoms with Gasteiger partial charge in [0.1, 0.15) is 18.8 Å². The van der Waals surface area contributed by atoms with Gasteiger partial charge in [0.05, 0.1) is 6.10 Å². The Labute approximate surface area is 282 Å². The van der Waals surface area contributed by atoms with Gasteiger partial charge in [0.2, 0.25) is 0 Å². The van der Waals surface area contributed by atoms with Crippen molar-refractivity contribution in [3.63, 3.8) is 0 Å². The molecule has 0 unspecified atom stereocenters. The first-order chi connectivity index (χ1) is 21.9. The number of carbonyl (C=O) groups is 3. The third kappa shape index (κ3) is 8.93. The zero-order valence-electron chi connectivity index (χ0n) is 30.1. The smallest absolute Gasteiger partial charge is 0.410 e. The summed E-state index contributed by atoms with van der Waals surface area (Å²) in [4.78, 5) is 39.8. The number of carboxylic acid groups (broad SMARTS) is 1. The molecule has 0 aromatic heterocycles. The number of rotatable bonds is 14. The van der Waals surface area contributed by atoms with Crippen LogP contribution in [0.15, 0.2) is 60.2 Å². The Morgan fingerprint density at radius 3 is 2.00 bits per heavy atom. The Balaban J connectivity index is 1.75. The van der Waals surface area contributed by atoms with Gasteiger partial charge in [-0.3, -0.25) is 4.90 Å². The molecule has 258 valence electrons. The normalized spacial score (nSPS) is 16.7. The molecule has 1 aliphatic rings. The molecule has 0 heterocycles. The fourth-order valence-electron chi connectivity index (χ4n) is 5.74. The summed E-state index contributed by atoms with van der Waals surface area (Å²) in [6, 6.07) is 15.4. The Morgan fingerprint density at radius 1 is 0.979 bits per heavy atom. The average Bonchev–Trinajstić information content (AvgIpc) is 3.35. The molecule has 0 saturated carbocycles. The summed E-state index contributed by atoms with van der Waals surface area (Å²) < 4.78 is 18.9. The van der Waals surface area contributed by atoms with Gasteiger partial charge in [-0.1, -0.05) is 103 Å². The lowest BCUT2D eigenvalue weighted by atomic mass is 9.86. The molecule has 2 aromatic rings. The van der Waals surface area contributed by atoms with E-state index < -0.39 is 38.5 Å². The van der Waals surface area contributed by atoms with Crippen molar-refractivity contribution in [2.24, 2.45) is 11.8 Å². The number of ether oxygens (including phenoxy) is 2. The van der Waals surface area contributed by atoms with E-state index in [2.05, 4.69) is 58.1 Å². The predicted octanol–water partition coefficient (Wildman–Crippen LogP) is 8.66. The largest absolute Gasteiger partial charge is 0.478 e. The number of hydrogen-bond donors (Lipinski definition) is 1. The molecule has 0 saturated heterocycles. The molecule has 0 radical (unpaired) electrons. The van der Waals surface area contributed by atoms with Gasteiger partial charge in [-0.05, 0) is 66.6 Å². The zero-order valence-corrected chi connectivity index (χ0v) is 31.1. The third-order valence-electron chi connectivity index (χ3n) is 10.4. The lowest BCUT2D eigenvalue weighted by Gasteiger charge is -2.43. The van der Waals surface area contributed by atoms with E-state index in [9.17, 15) is 19.5 Å². The molecule has 0 spiro atoms. The molecule has 0 fully saturated rings. The Morgan fingerprint density at radius 2 is 1.51 bits per heavy atom. The fourth-order valence-corrected chi connectivity index (χ4v) is 7.16. The van der Waals surface area contributed by atoms with Crippen molar-refractivity contribution < 1.29 is 33.4 Å². The van der Waals surface area contributed by atoms with Crippen LogP contribution in [-0.4, -0.2) is 68.3 Å². The van der Waals surface area contributed by atoms with E-state index in [-0.39, 0.29) is 41.1 Å². The third-order valence-corrected chi connectivity index (χ3v) is 14.9. The molecule has 1 amide bonds. The van der Waals surface area contributed by atoms with Gasteiger partial charge in [0.25, 0.3) is 0 Å². The van der Waals surface area contributed by atoms with Crippen LogP contribution < -0.4 is 0 Å². The van der Waals surface area contributed by atoms with E-state index in [0.29, 0.717) is 6.42 Å². The number of fused-ring (bicyclic) bond motifs is 3. The summed E-state index contributed by atoms with van der Waals surface area (Å²) in [6.07, 6.45) is 1.35. The first kappa shape index (κ1) is 38.0. The molecule has 2 aromatic carbocycles. The van der Waals surface area contributed by atoms with Crippen LogP contribution in [-0.2, 0) is 23.5 Å². The van der Waals surface area contributed by atoms with Crippen molar-refractivity contribution in [3.8, 4) is 11.1 Å². The standard InChI is InChI=1S/C38H55NO7Si/c1-12-24(2)34(26(4)33(22-21-25(3)35(40)41)46-47(10,11)38(6,7)8)45-36(42)27(5)39(9)37(43)44-23-32-30-19-15-13-17-28(30)29-18-14-16-20-31(29)32/h13-21,24,26-27,32-34H,12,22-23H2,1-11H3,(H,40,41)/b25-21+/t24-,26-,27+,33-,34+/m0/s1. The Bertz CT molecular complexity index is 1400. The van der Waals surface area contributed by atoms with Crippen LogP contribution in [0.1, 0.15) is 85.3 Å². The van der Waals surface area contributed by atoms with Crippen molar-refractivity contribution in [1.29, 1.82) is 0 Å². The molecule has 9 heteroatoms. The second-order valence-corrected chi connectivity index (χ2v) is 19.3. The van der Waals surface area contributed by atoms with E-state index in [4.69, 9.17) is 13.9 Å². The van der Waals surface area contributed by atoms with Crippen molar-refractivity contribution in [2.75, 3.05) is 13.7 Å². The van der Waals surface area contributed by atoms with E-state index in [1.807, 2.05) is 45.0 Å². The predicted molar refractivity (Wildman–Crippen MR) is 189 cm³/mol. The lowest BCUT2D eigenvalue weighted by molar-refractivity contribution is -0.162. The highest BCUT2D eigenvalue weighted by atomic mass is 28.4. The number of hydrogen-bond acceptors (Lipinski definition) is 6. The maximum absolute atomic E-state index is 13.6. The van der Waals surface area contributed by atoms with Crippen LogP contribution >= 0.6 is 0 Å². The van der Waals surface area contributed by atoms with Gasteiger partial charge in [0, 0.05) is 24.5 Å². The molecule has 47 heavy (non-hydrogen) atoms. The fraction of sp³-hybridized carbons (Fsp3) is 0.553. The Hall–Kier alpha value is -3.43. The number of aliphatic carboxylic acids is 1. The van der Waals surface area contributed by atoms with Gasteiger partial charge in [-0.25, -0.2) is 14.4 Å². The molecular weight excluding hydrogens is 611 g/mol. The number of carbonyl (C=O) groups excluding carboxylic acids is 2. The van der Waals surface area contributed by atoms with Gasteiger partial charge in [0.15, 0.2) is 8.32 Å². The summed E-state index contributed by atoms with van der Waals surface area (Å²) in [5, 5.41) is 9.41. The first-order valence-corrected chi connectivity index (χ1v) is 19.7. The summed E-state index contributed by atoms with van der Waals surface area (Å²) >= 11 is 0. The minimum atomic E-state index is -2.27. The van der Waals surface area contributed by atoms with Gasteiger partial charge in [-0.15, -0.1) is 0 Å². The van der Waals surface area contributed by atoms with Crippen molar-refractivity contribution >= 4 is 26.3 Å². The highest BCUT2D eigenvalue weighted by molar-refractivity contribution is 6.74. The molecule has 5 atom stereocenters. The highest BCUT2D eigenvalue weighted by Gasteiger charge is 2.43. The second kappa shape index (κ2) is 15.6.